The van der Waals surface area contributed by atoms with E-state index in [9.17, 15) is 9.59 Å². The molecule has 128 valence electrons. The van der Waals surface area contributed by atoms with Gasteiger partial charge in [-0.2, -0.15) is 0 Å². The van der Waals surface area contributed by atoms with Gasteiger partial charge in [0.1, 0.15) is 0 Å². The van der Waals surface area contributed by atoms with Crippen molar-refractivity contribution in [3.8, 4) is 11.5 Å². The molecule has 0 aliphatic carbocycles. The summed E-state index contributed by atoms with van der Waals surface area (Å²) in [5, 5.41) is 11.7. The van der Waals surface area contributed by atoms with Gasteiger partial charge in [-0.15, -0.1) is 0 Å². The van der Waals surface area contributed by atoms with Gasteiger partial charge in [0.25, 0.3) is 5.91 Å². The van der Waals surface area contributed by atoms with Gasteiger partial charge in [0.2, 0.25) is 0 Å². The van der Waals surface area contributed by atoms with Crippen LogP contribution in [0, 0.1) is 5.92 Å². The number of hydrogen-bond acceptors (Lipinski definition) is 4. The van der Waals surface area contributed by atoms with Gasteiger partial charge in [-0.1, -0.05) is 20.8 Å². The van der Waals surface area contributed by atoms with E-state index in [0.717, 1.165) is 6.42 Å². The lowest BCUT2D eigenvalue weighted by molar-refractivity contribution is -0.139. The fourth-order valence-corrected chi connectivity index (χ4v) is 2.17. The first-order valence-electron chi connectivity index (χ1n) is 7.81. The van der Waals surface area contributed by atoms with Crippen LogP contribution in [0.15, 0.2) is 18.2 Å². The highest BCUT2D eigenvalue weighted by Crippen LogP contribution is 2.28. The monoisotopic (exact) mass is 323 g/mol. The maximum Gasteiger partial charge on any atom is 0.341 e. The van der Waals surface area contributed by atoms with Crippen molar-refractivity contribution in [2.45, 2.75) is 40.2 Å². The summed E-state index contributed by atoms with van der Waals surface area (Å²) >= 11 is 0. The number of rotatable bonds is 9. The van der Waals surface area contributed by atoms with Crippen molar-refractivity contribution in [3.05, 3.63) is 23.8 Å². The van der Waals surface area contributed by atoms with E-state index in [2.05, 4.69) is 19.2 Å². The first-order chi connectivity index (χ1) is 10.9. The highest BCUT2D eigenvalue weighted by Gasteiger charge is 2.17. The van der Waals surface area contributed by atoms with E-state index in [1.165, 1.54) is 0 Å². The van der Waals surface area contributed by atoms with Crippen molar-refractivity contribution >= 4 is 11.9 Å². The zero-order valence-electron chi connectivity index (χ0n) is 14.1. The van der Waals surface area contributed by atoms with E-state index in [4.69, 9.17) is 14.6 Å². The van der Waals surface area contributed by atoms with Crippen molar-refractivity contribution in [2.24, 2.45) is 5.92 Å². The summed E-state index contributed by atoms with van der Waals surface area (Å²) in [6.45, 7) is 7.87. The number of hydrogen-bond donors (Lipinski definition) is 2. The van der Waals surface area contributed by atoms with Crippen LogP contribution in [0.1, 0.15) is 44.5 Å². The van der Waals surface area contributed by atoms with Crippen LogP contribution < -0.4 is 14.8 Å². The average Bonchev–Trinajstić information content (AvgIpc) is 2.50. The highest BCUT2D eigenvalue weighted by molar-refractivity contribution is 5.95. The molecule has 0 radical (unpaired) electrons. The third-order valence-corrected chi connectivity index (χ3v) is 3.42. The van der Waals surface area contributed by atoms with E-state index in [0.29, 0.717) is 29.6 Å². The van der Waals surface area contributed by atoms with Gasteiger partial charge >= 0.3 is 5.97 Å². The summed E-state index contributed by atoms with van der Waals surface area (Å²) < 4.78 is 10.6. The smallest absolute Gasteiger partial charge is 0.341 e. The number of nitrogens with one attached hydrogen (secondary N) is 1. The third-order valence-electron chi connectivity index (χ3n) is 3.42. The topological polar surface area (TPSA) is 84.9 Å². The first kappa shape index (κ1) is 18.8. The molecule has 2 N–H and O–H groups in total. The molecular formula is C17H25NO5. The molecule has 1 atom stereocenters. The van der Waals surface area contributed by atoms with Gasteiger partial charge in [-0.25, -0.2) is 4.79 Å². The summed E-state index contributed by atoms with van der Waals surface area (Å²) in [7, 11) is 0. The molecule has 6 nitrogen and oxygen atoms in total. The van der Waals surface area contributed by atoms with Crippen molar-refractivity contribution in [3.63, 3.8) is 0 Å². The van der Waals surface area contributed by atoms with E-state index in [-0.39, 0.29) is 11.9 Å². The molecule has 0 fully saturated rings. The number of aliphatic carboxylic acids is 1. The number of carbonyl (C=O) groups is 2. The van der Waals surface area contributed by atoms with Gasteiger partial charge in [0.05, 0.1) is 6.61 Å². The predicted octanol–water partition coefficient (Wildman–Crippen LogP) is 2.71. The van der Waals surface area contributed by atoms with Crippen molar-refractivity contribution in [2.75, 3.05) is 13.2 Å². The maximum absolute atomic E-state index is 12.4. The zero-order chi connectivity index (χ0) is 17.4. The molecule has 0 spiro atoms. The van der Waals surface area contributed by atoms with Gasteiger partial charge in [-0.3, -0.25) is 4.79 Å². The molecule has 0 aromatic heterocycles. The van der Waals surface area contributed by atoms with Crippen LogP contribution in [0.25, 0.3) is 0 Å². The van der Waals surface area contributed by atoms with Gasteiger partial charge in [0, 0.05) is 11.6 Å². The number of amides is 1. The Morgan fingerprint density at radius 2 is 1.87 bits per heavy atom. The van der Waals surface area contributed by atoms with Crippen molar-refractivity contribution < 1.29 is 24.2 Å². The number of benzene rings is 1. The largest absolute Gasteiger partial charge is 0.490 e. The Kier molecular flexibility index (Phi) is 7.38. The Labute approximate surface area is 136 Å². The average molecular weight is 323 g/mol. The molecule has 0 aliphatic heterocycles. The number of ether oxygens (including phenoxy) is 2. The minimum absolute atomic E-state index is 0.0981. The molecule has 0 aliphatic rings. The van der Waals surface area contributed by atoms with Crippen molar-refractivity contribution in [1.82, 2.24) is 5.32 Å². The van der Waals surface area contributed by atoms with Crippen LogP contribution in [0.5, 0.6) is 11.5 Å². The lowest BCUT2D eigenvalue weighted by Crippen LogP contribution is -2.38. The molecule has 23 heavy (non-hydrogen) atoms. The zero-order valence-corrected chi connectivity index (χ0v) is 14.1. The molecule has 6 heteroatoms. The lowest BCUT2D eigenvalue weighted by Gasteiger charge is -2.21. The molecule has 1 rings (SSSR count). The molecule has 1 aromatic carbocycles. The fourth-order valence-electron chi connectivity index (χ4n) is 2.17. The van der Waals surface area contributed by atoms with Gasteiger partial charge in [0.15, 0.2) is 18.1 Å². The second kappa shape index (κ2) is 9.02. The first-order valence-corrected chi connectivity index (χ1v) is 7.81. The predicted molar refractivity (Wildman–Crippen MR) is 87.1 cm³/mol. The fraction of sp³-hybridized carbons (Fsp3) is 0.529. The minimum Gasteiger partial charge on any atom is -0.490 e. The van der Waals surface area contributed by atoms with E-state index in [1.807, 2.05) is 6.92 Å². The molecule has 0 heterocycles. The van der Waals surface area contributed by atoms with Crippen LogP contribution >= 0.6 is 0 Å². The number of carbonyl (C=O) groups excluding carboxylic acids is 1. The molecule has 1 unspecified atom stereocenters. The number of carboxylic acid groups (broad SMARTS) is 1. The molecule has 0 saturated carbocycles. The maximum atomic E-state index is 12.4. The van der Waals surface area contributed by atoms with Crippen LogP contribution in [0.2, 0.25) is 0 Å². The van der Waals surface area contributed by atoms with Crippen LogP contribution in [0.4, 0.5) is 0 Å². The summed E-state index contributed by atoms with van der Waals surface area (Å²) in [5.74, 6) is -0.248. The Hall–Kier alpha value is -2.24. The van der Waals surface area contributed by atoms with Crippen molar-refractivity contribution in [1.29, 1.82) is 0 Å². The molecule has 1 amide bonds. The Bertz CT molecular complexity index is 542. The molecular weight excluding hydrogens is 298 g/mol. The van der Waals surface area contributed by atoms with E-state index >= 15 is 0 Å². The van der Waals surface area contributed by atoms with Crippen LogP contribution in [0.3, 0.4) is 0 Å². The summed E-state index contributed by atoms with van der Waals surface area (Å²) in [6, 6.07) is 4.82. The van der Waals surface area contributed by atoms with E-state index in [1.54, 1.807) is 25.1 Å². The summed E-state index contributed by atoms with van der Waals surface area (Å²) in [5.41, 5.74) is 0.454. The quantitative estimate of drug-likeness (QED) is 0.730. The SMILES string of the molecule is CCOc1cc(C(=O)NC(CC)C(C)C)ccc1OCC(=O)O. The normalized spacial score (nSPS) is 11.9. The Morgan fingerprint density at radius 1 is 1.17 bits per heavy atom. The minimum atomic E-state index is -1.07. The standard InChI is InChI=1S/C17H25NO5/c1-5-13(11(3)4)18-17(21)12-7-8-14(23-10-16(19)20)15(9-12)22-6-2/h7-9,11,13H,5-6,10H2,1-4H3,(H,18,21)(H,19,20). The second-order valence-electron chi connectivity index (χ2n) is 5.51. The van der Waals surface area contributed by atoms with E-state index < -0.39 is 12.6 Å². The Balaban J connectivity index is 2.93. The Morgan fingerprint density at radius 3 is 2.39 bits per heavy atom. The highest BCUT2D eigenvalue weighted by atomic mass is 16.5. The van der Waals surface area contributed by atoms with Crippen LogP contribution in [-0.4, -0.2) is 36.2 Å². The molecule has 0 bridgehead atoms. The molecule has 0 saturated heterocycles. The van der Waals surface area contributed by atoms with Crippen LogP contribution in [-0.2, 0) is 4.79 Å². The summed E-state index contributed by atoms with van der Waals surface area (Å²) in [6.07, 6.45) is 0.849. The van der Waals surface area contributed by atoms with Gasteiger partial charge in [-0.05, 0) is 37.5 Å². The number of carboxylic acids is 1. The third kappa shape index (κ3) is 5.81. The molecule has 1 aromatic rings. The summed E-state index contributed by atoms with van der Waals surface area (Å²) in [4.78, 5) is 23.0. The second-order valence-corrected chi connectivity index (χ2v) is 5.51. The van der Waals surface area contributed by atoms with Gasteiger partial charge < -0.3 is 19.9 Å². The lowest BCUT2D eigenvalue weighted by atomic mass is 10.0.